The van der Waals surface area contributed by atoms with Gasteiger partial charge >= 0.3 is 0 Å². The lowest BCUT2D eigenvalue weighted by Gasteiger charge is -2.19. The van der Waals surface area contributed by atoms with Gasteiger partial charge in [0.2, 0.25) is 5.88 Å². The van der Waals surface area contributed by atoms with Crippen LogP contribution in [-0.4, -0.2) is 42.7 Å². The Hall–Kier alpha value is -1.29. The quantitative estimate of drug-likeness (QED) is 0.784. The molecule has 1 saturated carbocycles. The van der Waals surface area contributed by atoms with Gasteiger partial charge in [0.1, 0.15) is 5.82 Å². The Balaban J connectivity index is 1.76. The second-order valence-corrected chi connectivity index (χ2v) is 4.35. The van der Waals surface area contributed by atoms with Crippen LogP contribution in [0.2, 0.25) is 0 Å². The fourth-order valence-electron chi connectivity index (χ4n) is 1.99. The molecule has 0 unspecified atom stereocenters. The van der Waals surface area contributed by atoms with Crippen molar-refractivity contribution >= 4 is 5.82 Å². The topological polar surface area (TPSA) is 37.4 Å². The van der Waals surface area contributed by atoms with Crippen molar-refractivity contribution in [3.63, 3.8) is 0 Å². The summed E-state index contributed by atoms with van der Waals surface area (Å²) in [6.45, 7) is 5.38. The minimum Gasteiger partial charge on any atom is -0.481 e. The van der Waals surface area contributed by atoms with Crippen molar-refractivity contribution in [2.45, 2.75) is 25.8 Å². The van der Waals surface area contributed by atoms with Crippen LogP contribution in [0.25, 0.3) is 0 Å². The first-order chi connectivity index (χ1) is 8.33. The van der Waals surface area contributed by atoms with Crippen LogP contribution in [0.15, 0.2) is 18.2 Å². The second-order valence-electron chi connectivity index (χ2n) is 4.35. The van der Waals surface area contributed by atoms with E-state index in [-0.39, 0.29) is 0 Å². The lowest BCUT2D eigenvalue weighted by atomic mass is 10.4. The molecule has 1 heterocycles. The number of hydrogen-bond donors (Lipinski definition) is 1. The minimum absolute atomic E-state index is 0.657. The Bertz CT molecular complexity index is 352. The van der Waals surface area contributed by atoms with Crippen LogP contribution >= 0.6 is 0 Å². The highest BCUT2D eigenvalue weighted by molar-refractivity contribution is 5.36. The molecule has 17 heavy (non-hydrogen) atoms. The van der Waals surface area contributed by atoms with Crippen molar-refractivity contribution in [3.8, 4) is 5.88 Å². The summed E-state index contributed by atoms with van der Waals surface area (Å²) in [5.41, 5.74) is 0. The van der Waals surface area contributed by atoms with Gasteiger partial charge in [-0.3, -0.25) is 4.90 Å². The van der Waals surface area contributed by atoms with E-state index in [0.717, 1.165) is 31.5 Å². The summed E-state index contributed by atoms with van der Waals surface area (Å²) in [4.78, 5) is 6.84. The van der Waals surface area contributed by atoms with E-state index in [1.807, 2.05) is 18.2 Å². The third-order valence-electron chi connectivity index (χ3n) is 3.11. The van der Waals surface area contributed by atoms with E-state index >= 15 is 0 Å². The molecule has 0 atom stereocenters. The molecule has 2 rings (SSSR count). The largest absolute Gasteiger partial charge is 0.481 e. The summed E-state index contributed by atoms with van der Waals surface area (Å²) in [6.07, 6.45) is 2.73. The number of anilines is 1. The number of methoxy groups -OCH3 is 1. The van der Waals surface area contributed by atoms with Crippen molar-refractivity contribution in [1.82, 2.24) is 9.88 Å². The predicted octanol–water partition coefficient (Wildman–Crippen LogP) is 1.99. The molecule has 0 aromatic carbocycles. The maximum atomic E-state index is 5.09. The number of nitrogens with zero attached hydrogens (tertiary/aromatic N) is 2. The van der Waals surface area contributed by atoms with Gasteiger partial charge in [-0.25, -0.2) is 0 Å². The zero-order valence-corrected chi connectivity index (χ0v) is 10.6. The lowest BCUT2D eigenvalue weighted by Crippen LogP contribution is -2.31. The Morgan fingerprint density at radius 1 is 1.47 bits per heavy atom. The average molecular weight is 235 g/mol. The van der Waals surface area contributed by atoms with Crippen molar-refractivity contribution in [3.05, 3.63) is 18.2 Å². The van der Waals surface area contributed by atoms with Gasteiger partial charge in [-0.2, -0.15) is 4.98 Å². The van der Waals surface area contributed by atoms with Gasteiger partial charge < -0.3 is 10.1 Å². The molecule has 0 radical (unpaired) electrons. The molecule has 0 spiro atoms. The zero-order valence-electron chi connectivity index (χ0n) is 10.6. The molecule has 4 heteroatoms. The van der Waals surface area contributed by atoms with Crippen molar-refractivity contribution in [2.24, 2.45) is 0 Å². The summed E-state index contributed by atoms with van der Waals surface area (Å²) >= 11 is 0. The molecular formula is C13H21N3O. The minimum atomic E-state index is 0.657. The van der Waals surface area contributed by atoms with Crippen molar-refractivity contribution in [2.75, 3.05) is 32.1 Å². The van der Waals surface area contributed by atoms with Gasteiger partial charge in [0.15, 0.2) is 0 Å². The first-order valence-corrected chi connectivity index (χ1v) is 6.32. The number of nitrogens with one attached hydrogen (secondary N) is 1. The molecule has 4 nitrogen and oxygen atoms in total. The van der Waals surface area contributed by atoms with Crippen LogP contribution in [0, 0.1) is 0 Å². The highest BCUT2D eigenvalue weighted by atomic mass is 16.5. The number of likely N-dealkylation sites (N-methyl/N-ethyl adjacent to an activating group) is 1. The molecule has 1 aromatic rings. The standard InChI is InChI=1S/C13H21N3O/c1-3-16(11-7-8-11)10-9-14-12-5-4-6-13(15-12)17-2/h4-6,11H,3,7-10H2,1-2H3,(H,14,15). The first kappa shape index (κ1) is 12.2. The number of pyridine rings is 1. The summed E-state index contributed by atoms with van der Waals surface area (Å²) in [7, 11) is 1.64. The highest BCUT2D eigenvalue weighted by Crippen LogP contribution is 2.25. The number of hydrogen-bond acceptors (Lipinski definition) is 4. The van der Waals surface area contributed by atoms with Crippen molar-refractivity contribution in [1.29, 1.82) is 0 Å². The number of aromatic nitrogens is 1. The monoisotopic (exact) mass is 235 g/mol. The Kier molecular flexibility index (Phi) is 4.20. The molecule has 0 amide bonds. The summed E-state index contributed by atoms with van der Waals surface area (Å²) in [6, 6.07) is 6.61. The number of rotatable bonds is 7. The summed E-state index contributed by atoms with van der Waals surface area (Å²) in [5, 5.41) is 3.33. The number of ether oxygens (including phenoxy) is 1. The zero-order chi connectivity index (χ0) is 12.1. The molecule has 1 N–H and O–H groups in total. The van der Waals surface area contributed by atoms with Crippen LogP contribution in [0.3, 0.4) is 0 Å². The molecule has 1 fully saturated rings. The van der Waals surface area contributed by atoms with Gasteiger partial charge in [0, 0.05) is 25.2 Å². The van der Waals surface area contributed by atoms with E-state index in [0.29, 0.717) is 5.88 Å². The van der Waals surface area contributed by atoms with Crippen LogP contribution in [0.5, 0.6) is 5.88 Å². The highest BCUT2D eigenvalue weighted by Gasteiger charge is 2.26. The average Bonchev–Trinajstić information content (AvgIpc) is 3.19. The lowest BCUT2D eigenvalue weighted by molar-refractivity contribution is 0.289. The third-order valence-corrected chi connectivity index (χ3v) is 3.11. The third kappa shape index (κ3) is 3.60. The summed E-state index contributed by atoms with van der Waals surface area (Å²) in [5.74, 6) is 1.54. The molecule has 1 aliphatic carbocycles. The Labute approximate surface area is 103 Å². The normalized spacial score (nSPS) is 15.0. The maximum absolute atomic E-state index is 5.09. The summed E-state index contributed by atoms with van der Waals surface area (Å²) < 4.78 is 5.09. The SMILES string of the molecule is CCN(CCNc1cccc(OC)n1)C1CC1. The van der Waals surface area contributed by atoms with E-state index in [2.05, 4.69) is 22.1 Å². The van der Waals surface area contributed by atoms with E-state index in [1.165, 1.54) is 12.8 Å². The molecule has 1 aromatic heterocycles. The van der Waals surface area contributed by atoms with E-state index in [1.54, 1.807) is 7.11 Å². The first-order valence-electron chi connectivity index (χ1n) is 6.32. The molecule has 0 aliphatic heterocycles. The van der Waals surface area contributed by atoms with Gasteiger partial charge in [-0.1, -0.05) is 13.0 Å². The Morgan fingerprint density at radius 3 is 2.94 bits per heavy atom. The smallest absolute Gasteiger partial charge is 0.214 e. The van der Waals surface area contributed by atoms with Crippen LogP contribution in [-0.2, 0) is 0 Å². The van der Waals surface area contributed by atoms with Gasteiger partial charge in [0.25, 0.3) is 0 Å². The fraction of sp³-hybridized carbons (Fsp3) is 0.615. The van der Waals surface area contributed by atoms with E-state index < -0.39 is 0 Å². The molecule has 0 bridgehead atoms. The fourth-order valence-corrected chi connectivity index (χ4v) is 1.99. The van der Waals surface area contributed by atoms with Gasteiger partial charge in [-0.15, -0.1) is 0 Å². The maximum Gasteiger partial charge on any atom is 0.214 e. The molecular weight excluding hydrogens is 214 g/mol. The Morgan fingerprint density at radius 2 is 2.29 bits per heavy atom. The van der Waals surface area contributed by atoms with Crippen molar-refractivity contribution < 1.29 is 4.74 Å². The predicted molar refractivity (Wildman–Crippen MR) is 69.5 cm³/mol. The van der Waals surface area contributed by atoms with Gasteiger partial charge in [-0.05, 0) is 25.5 Å². The molecule has 94 valence electrons. The van der Waals surface area contributed by atoms with Crippen LogP contribution in [0.1, 0.15) is 19.8 Å². The second kappa shape index (κ2) is 5.87. The molecule has 1 aliphatic rings. The molecule has 0 saturated heterocycles. The van der Waals surface area contributed by atoms with E-state index in [4.69, 9.17) is 4.74 Å². The van der Waals surface area contributed by atoms with E-state index in [9.17, 15) is 0 Å². The van der Waals surface area contributed by atoms with Gasteiger partial charge in [0.05, 0.1) is 7.11 Å². The van der Waals surface area contributed by atoms with Crippen LogP contribution < -0.4 is 10.1 Å². The van der Waals surface area contributed by atoms with Crippen LogP contribution in [0.4, 0.5) is 5.82 Å².